The van der Waals surface area contributed by atoms with Crippen molar-refractivity contribution in [2.45, 2.75) is 32.7 Å². The fraction of sp³-hybridized carbons (Fsp3) is 0.259. The summed E-state index contributed by atoms with van der Waals surface area (Å²) in [6.07, 6.45) is 2.57. The van der Waals surface area contributed by atoms with Gasteiger partial charge in [0.2, 0.25) is 0 Å². The van der Waals surface area contributed by atoms with Crippen LogP contribution in [0.4, 0.5) is 0 Å². The number of aryl methyl sites for hydroxylation is 2. The first-order valence-corrected chi connectivity index (χ1v) is 11.7. The minimum Gasteiger partial charge on any atom is -0.494 e. The third-order valence-corrected chi connectivity index (χ3v) is 5.76. The monoisotopic (exact) mass is 461 g/mol. The third-order valence-electron chi connectivity index (χ3n) is 5.51. The number of amides is 1. The maximum Gasteiger partial charge on any atom is 0.251 e. The average Bonchev–Trinajstić information content (AvgIpc) is 3.17. The van der Waals surface area contributed by atoms with Gasteiger partial charge in [0, 0.05) is 30.1 Å². The van der Waals surface area contributed by atoms with Gasteiger partial charge in [-0.1, -0.05) is 41.4 Å². The van der Waals surface area contributed by atoms with E-state index in [0.29, 0.717) is 30.2 Å². The molecule has 33 heavy (non-hydrogen) atoms. The van der Waals surface area contributed by atoms with Crippen LogP contribution >= 0.6 is 11.6 Å². The molecule has 1 N–H and O–H groups in total. The van der Waals surface area contributed by atoms with E-state index in [1.54, 1.807) is 0 Å². The molecule has 0 fully saturated rings. The van der Waals surface area contributed by atoms with Gasteiger partial charge in [-0.25, -0.2) is 4.98 Å². The second-order valence-electron chi connectivity index (χ2n) is 8.05. The van der Waals surface area contributed by atoms with Crippen molar-refractivity contribution in [3.05, 3.63) is 94.8 Å². The van der Waals surface area contributed by atoms with Crippen molar-refractivity contribution in [1.82, 2.24) is 14.9 Å². The maximum absolute atomic E-state index is 12.5. The molecule has 0 aliphatic carbocycles. The SMILES string of the molecule is Cc1cccc(C(=O)NCCc2nc3ccccc3n2CCCCOc2ccc(Cl)cc2)c1. The number of aromatic nitrogens is 2. The molecule has 0 atom stereocenters. The van der Waals surface area contributed by atoms with Crippen molar-refractivity contribution in [2.75, 3.05) is 13.2 Å². The predicted molar refractivity (Wildman–Crippen MR) is 133 cm³/mol. The molecule has 0 aliphatic heterocycles. The van der Waals surface area contributed by atoms with E-state index in [-0.39, 0.29) is 5.91 Å². The Morgan fingerprint density at radius 3 is 2.67 bits per heavy atom. The fourth-order valence-electron chi connectivity index (χ4n) is 3.83. The van der Waals surface area contributed by atoms with Gasteiger partial charge in [-0.15, -0.1) is 0 Å². The lowest BCUT2D eigenvalue weighted by atomic mass is 10.1. The Bertz CT molecular complexity index is 1220. The molecule has 0 spiro atoms. The molecule has 170 valence electrons. The summed E-state index contributed by atoms with van der Waals surface area (Å²) in [4.78, 5) is 17.3. The van der Waals surface area contributed by atoms with Crippen LogP contribution < -0.4 is 10.1 Å². The van der Waals surface area contributed by atoms with Gasteiger partial charge in [0.15, 0.2) is 0 Å². The van der Waals surface area contributed by atoms with Crippen molar-refractivity contribution < 1.29 is 9.53 Å². The first-order chi connectivity index (χ1) is 16.1. The van der Waals surface area contributed by atoms with Gasteiger partial charge < -0.3 is 14.6 Å². The van der Waals surface area contributed by atoms with Crippen LogP contribution in [0.25, 0.3) is 11.0 Å². The summed E-state index contributed by atoms with van der Waals surface area (Å²) in [5.74, 6) is 1.76. The Labute approximate surface area is 199 Å². The van der Waals surface area contributed by atoms with Gasteiger partial charge in [-0.3, -0.25) is 4.79 Å². The summed E-state index contributed by atoms with van der Waals surface area (Å²) in [5.41, 5.74) is 3.86. The molecule has 0 aliphatic rings. The van der Waals surface area contributed by atoms with Crippen LogP contribution in [0.1, 0.15) is 34.6 Å². The minimum absolute atomic E-state index is 0.0549. The van der Waals surface area contributed by atoms with E-state index in [9.17, 15) is 4.79 Å². The van der Waals surface area contributed by atoms with Gasteiger partial charge in [-0.05, 0) is 68.3 Å². The van der Waals surface area contributed by atoms with Gasteiger partial charge in [0.1, 0.15) is 11.6 Å². The Balaban J connectivity index is 1.33. The number of imidazole rings is 1. The lowest BCUT2D eigenvalue weighted by molar-refractivity contribution is 0.0954. The smallest absolute Gasteiger partial charge is 0.251 e. The number of hydrogen-bond acceptors (Lipinski definition) is 3. The second-order valence-corrected chi connectivity index (χ2v) is 8.49. The molecule has 1 amide bonds. The van der Waals surface area contributed by atoms with Crippen molar-refractivity contribution in [1.29, 1.82) is 0 Å². The highest BCUT2D eigenvalue weighted by atomic mass is 35.5. The van der Waals surface area contributed by atoms with Crippen molar-refractivity contribution in [3.8, 4) is 5.75 Å². The van der Waals surface area contributed by atoms with Crippen LogP contribution in [0.3, 0.4) is 0 Å². The Morgan fingerprint density at radius 2 is 1.85 bits per heavy atom. The van der Waals surface area contributed by atoms with Crippen molar-refractivity contribution >= 4 is 28.5 Å². The van der Waals surface area contributed by atoms with Crippen LogP contribution in [0.2, 0.25) is 5.02 Å². The van der Waals surface area contributed by atoms with Crippen LogP contribution in [0.5, 0.6) is 5.75 Å². The topological polar surface area (TPSA) is 56.2 Å². The largest absolute Gasteiger partial charge is 0.494 e. The fourth-order valence-corrected chi connectivity index (χ4v) is 3.96. The predicted octanol–water partition coefficient (Wildman–Crippen LogP) is 5.83. The van der Waals surface area contributed by atoms with E-state index in [1.807, 2.05) is 73.7 Å². The molecule has 0 unspecified atom stereocenters. The molecule has 4 rings (SSSR count). The average molecular weight is 462 g/mol. The van der Waals surface area contributed by atoms with Crippen LogP contribution in [-0.2, 0) is 13.0 Å². The number of carbonyl (C=O) groups is 1. The van der Waals surface area contributed by atoms with Gasteiger partial charge in [0.05, 0.1) is 17.6 Å². The number of ether oxygens (including phenoxy) is 1. The second kappa shape index (κ2) is 11.0. The standard InChI is InChI=1S/C27H28ClN3O2/c1-20-7-6-8-21(19-20)27(32)29-16-15-26-30-24-9-2-3-10-25(24)31(26)17-4-5-18-33-23-13-11-22(28)12-14-23/h2-3,6-14,19H,4-5,15-18H2,1H3,(H,29,32). The molecule has 3 aromatic carbocycles. The molecule has 1 aromatic heterocycles. The summed E-state index contributed by atoms with van der Waals surface area (Å²) in [6.45, 7) is 4.03. The molecular weight excluding hydrogens is 434 g/mol. The summed E-state index contributed by atoms with van der Waals surface area (Å²) in [7, 11) is 0. The molecule has 4 aromatic rings. The summed E-state index contributed by atoms with van der Waals surface area (Å²) in [5, 5.41) is 3.73. The highest BCUT2D eigenvalue weighted by molar-refractivity contribution is 6.30. The van der Waals surface area contributed by atoms with E-state index >= 15 is 0 Å². The maximum atomic E-state index is 12.5. The number of unbranched alkanes of at least 4 members (excludes halogenated alkanes) is 1. The molecule has 0 radical (unpaired) electrons. The lowest BCUT2D eigenvalue weighted by Gasteiger charge is -2.11. The first kappa shape index (κ1) is 22.9. The van der Waals surface area contributed by atoms with Crippen LogP contribution in [-0.4, -0.2) is 28.6 Å². The lowest BCUT2D eigenvalue weighted by Crippen LogP contribution is -2.26. The number of nitrogens with one attached hydrogen (secondary N) is 1. The Morgan fingerprint density at radius 1 is 1.03 bits per heavy atom. The minimum atomic E-state index is -0.0549. The van der Waals surface area contributed by atoms with E-state index < -0.39 is 0 Å². The zero-order valence-electron chi connectivity index (χ0n) is 18.8. The van der Waals surface area contributed by atoms with E-state index in [2.05, 4.69) is 16.0 Å². The highest BCUT2D eigenvalue weighted by Gasteiger charge is 2.11. The van der Waals surface area contributed by atoms with Gasteiger partial charge in [-0.2, -0.15) is 0 Å². The van der Waals surface area contributed by atoms with E-state index in [0.717, 1.165) is 47.6 Å². The highest BCUT2D eigenvalue weighted by Crippen LogP contribution is 2.18. The van der Waals surface area contributed by atoms with Crippen LogP contribution in [0.15, 0.2) is 72.8 Å². The summed E-state index contributed by atoms with van der Waals surface area (Å²) < 4.78 is 8.07. The summed E-state index contributed by atoms with van der Waals surface area (Å²) >= 11 is 5.92. The molecule has 5 nitrogen and oxygen atoms in total. The molecule has 0 saturated heterocycles. The molecule has 6 heteroatoms. The molecule has 0 saturated carbocycles. The third kappa shape index (κ3) is 6.14. The van der Waals surface area contributed by atoms with E-state index in [4.69, 9.17) is 21.3 Å². The number of carbonyl (C=O) groups excluding carboxylic acids is 1. The molecule has 0 bridgehead atoms. The molecular formula is C27H28ClN3O2. The number of fused-ring (bicyclic) bond motifs is 1. The van der Waals surface area contributed by atoms with Crippen molar-refractivity contribution in [2.24, 2.45) is 0 Å². The van der Waals surface area contributed by atoms with Gasteiger partial charge >= 0.3 is 0 Å². The Hall–Kier alpha value is -3.31. The Kier molecular flexibility index (Phi) is 7.63. The summed E-state index contributed by atoms with van der Waals surface area (Å²) in [6, 6.07) is 23.2. The number of para-hydroxylation sites is 2. The van der Waals surface area contributed by atoms with Crippen molar-refractivity contribution in [3.63, 3.8) is 0 Å². The number of hydrogen-bond donors (Lipinski definition) is 1. The molecule has 1 heterocycles. The number of halogens is 1. The zero-order valence-corrected chi connectivity index (χ0v) is 19.5. The first-order valence-electron chi connectivity index (χ1n) is 11.3. The zero-order chi connectivity index (χ0) is 23.0. The quantitative estimate of drug-likeness (QED) is 0.302. The van der Waals surface area contributed by atoms with E-state index in [1.165, 1.54) is 0 Å². The van der Waals surface area contributed by atoms with Crippen LogP contribution in [0, 0.1) is 6.92 Å². The number of rotatable bonds is 10. The van der Waals surface area contributed by atoms with Gasteiger partial charge in [0.25, 0.3) is 5.91 Å². The number of nitrogens with zero attached hydrogens (tertiary/aromatic N) is 2. The normalized spacial score (nSPS) is 11.0. The number of benzene rings is 3.